The van der Waals surface area contributed by atoms with Crippen LogP contribution in [0.5, 0.6) is 0 Å². The van der Waals surface area contributed by atoms with Gasteiger partial charge >= 0.3 is 11.9 Å². The van der Waals surface area contributed by atoms with Crippen LogP contribution in [0.25, 0.3) is 0 Å². The molecular weight excluding hydrogens is 668 g/mol. The molecule has 0 bridgehead atoms. The minimum absolute atomic E-state index is 0.00567. The van der Waals surface area contributed by atoms with Gasteiger partial charge in [0, 0.05) is 50.8 Å². The Balaban J connectivity index is 1.43. The fourth-order valence-corrected chi connectivity index (χ4v) is 5.52. The Kier molecular flexibility index (Phi) is 16.4. The largest absolute Gasteiger partial charge is 0.480 e. The van der Waals surface area contributed by atoms with Crippen molar-refractivity contribution in [1.29, 1.82) is 0 Å². The molecule has 0 radical (unpaired) electrons. The number of sulfonamides is 1. The number of benzene rings is 1. The number of hydrogen-bond acceptors (Lipinski definition) is 11. The van der Waals surface area contributed by atoms with Crippen LogP contribution in [0.15, 0.2) is 78.0 Å². The summed E-state index contributed by atoms with van der Waals surface area (Å²) in [6.45, 7) is 1.02. The van der Waals surface area contributed by atoms with Gasteiger partial charge in [-0.2, -0.15) is 0 Å². The fraction of sp³-hybridized carbons (Fsp3) is 0.394. The highest BCUT2D eigenvalue weighted by Gasteiger charge is 2.19. The average molecular weight is 713 g/mol. The maximum Gasteiger partial charge on any atom is 0.317 e. The molecule has 3 aromatic rings. The Morgan fingerprint density at radius 1 is 0.660 bits per heavy atom. The van der Waals surface area contributed by atoms with Crippen LogP contribution in [-0.4, -0.2) is 119 Å². The predicted molar refractivity (Wildman–Crippen MR) is 184 cm³/mol. The van der Waals surface area contributed by atoms with Gasteiger partial charge in [-0.1, -0.05) is 18.6 Å². The van der Waals surface area contributed by atoms with Gasteiger partial charge in [0.1, 0.15) is 0 Å². The number of nitrogens with zero attached hydrogens (tertiary/aromatic N) is 5. The number of aliphatic carboxylic acids is 2. The third kappa shape index (κ3) is 16.1. The summed E-state index contributed by atoms with van der Waals surface area (Å²) < 4.78 is 22.9. The maximum atomic E-state index is 12.7. The molecule has 2 amide bonds. The second kappa shape index (κ2) is 20.6. The van der Waals surface area contributed by atoms with Gasteiger partial charge < -0.3 is 20.8 Å². The highest BCUT2D eigenvalue weighted by molar-refractivity contribution is 7.89. The van der Waals surface area contributed by atoms with Crippen molar-refractivity contribution in [3.8, 4) is 0 Å². The van der Waals surface area contributed by atoms with Crippen LogP contribution in [0.2, 0.25) is 0 Å². The Labute approximate surface area is 291 Å². The average Bonchev–Trinajstić information content (AvgIpc) is 3.05. The van der Waals surface area contributed by atoms with Gasteiger partial charge in [-0.15, -0.1) is 0 Å². The molecular formula is C33H44N8O8S. The van der Waals surface area contributed by atoms with Crippen molar-refractivity contribution < 1.29 is 37.8 Å². The van der Waals surface area contributed by atoms with Gasteiger partial charge in [0.2, 0.25) is 21.8 Å². The summed E-state index contributed by atoms with van der Waals surface area (Å²) in [7, 11) is -3.91. The highest BCUT2D eigenvalue weighted by atomic mass is 32.2. The van der Waals surface area contributed by atoms with Gasteiger partial charge in [0.05, 0.1) is 42.5 Å². The highest BCUT2D eigenvalue weighted by Crippen LogP contribution is 2.13. The summed E-state index contributed by atoms with van der Waals surface area (Å²) in [6.07, 6.45) is 5.99. The number of hydrogen-bond donors (Lipinski definition) is 5. The first-order valence-electron chi connectivity index (χ1n) is 16.0. The van der Waals surface area contributed by atoms with Crippen molar-refractivity contribution in [1.82, 2.24) is 30.0 Å². The van der Waals surface area contributed by atoms with Crippen LogP contribution in [0.3, 0.4) is 0 Å². The number of primary sulfonamides is 1. The summed E-state index contributed by atoms with van der Waals surface area (Å²) in [5, 5.41) is 29.2. The van der Waals surface area contributed by atoms with Crippen molar-refractivity contribution in [2.24, 2.45) is 5.14 Å². The molecule has 0 spiro atoms. The van der Waals surface area contributed by atoms with E-state index in [1.165, 1.54) is 34.1 Å². The van der Waals surface area contributed by atoms with Crippen LogP contribution < -0.4 is 15.8 Å². The van der Waals surface area contributed by atoms with Gasteiger partial charge in [-0.3, -0.25) is 43.8 Å². The minimum atomic E-state index is -3.91. The first kappa shape index (κ1) is 39.6. The number of aromatic nitrogens is 2. The van der Waals surface area contributed by atoms with Crippen LogP contribution in [0.4, 0.5) is 5.69 Å². The fourth-order valence-electron chi connectivity index (χ4n) is 5.00. The Morgan fingerprint density at radius 2 is 1.20 bits per heavy atom. The van der Waals surface area contributed by atoms with Gasteiger partial charge in [-0.05, 0) is 67.9 Å². The first-order valence-corrected chi connectivity index (χ1v) is 17.5. The molecule has 0 saturated heterocycles. The molecule has 0 fully saturated rings. The number of carbonyl (C=O) groups is 4. The molecule has 2 heterocycles. The van der Waals surface area contributed by atoms with Crippen LogP contribution >= 0.6 is 0 Å². The van der Waals surface area contributed by atoms with Crippen molar-refractivity contribution in [3.05, 3.63) is 84.4 Å². The molecule has 16 nitrogen and oxygen atoms in total. The van der Waals surface area contributed by atoms with E-state index in [2.05, 4.69) is 25.5 Å². The summed E-state index contributed by atoms with van der Waals surface area (Å²) in [5.74, 6) is -3.31. The number of anilines is 1. The SMILES string of the molecule is NS(=O)(=O)c1ccc(NC(=O)CN(CCN(CC(=O)O)CC(=O)NCCCCCN(Cc2ccccn2)Cc2ccccn2)CC(=O)O)cc1. The number of nitrogens with one attached hydrogen (secondary N) is 2. The molecule has 0 aliphatic rings. The number of carboxylic acids is 2. The second-order valence-electron chi connectivity index (χ2n) is 11.6. The molecule has 3 rings (SSSR count). The summed E-state index contributed by atoms with van der Waals surface area (Å²) in [4.78, 5) is 61.9. The van der Waals surface area contributed by atoms with Gasteiger partial charge in [0.25, 0.3) is 0 Å². The lowest BCUT2D eigenvalue weighted by atomic mass is 10.2. The quantitative estimate of drug-likeness (QED) is 0.0860. The van der Waals surface area contributed by atoms with Crippen molar-refractivity contribution in [3.63, 3.8) is 0 Å². The third-order valence-corrected chi connectivity index (χ3v) is 8.28. The Bertz CT molecular complexity index is 1590. The molecule has 50 heavy (non-hydrogen) atoms. The van der Waals surface area contributed by atoms with E-state index in [0.717, 1.165) is 37.2 Å². The molecule has 0 saturated carbocycles. The molecule has 2 aromatic heterocycles. The number of pyridine rings is 2. The van der Waals surface area contributed by atoms with E-state index in [-0.39, 0.29) is 42.7 Å². The van der Waals surface area contributed by atoms with E-state index in [1.54, 1.807) is 12.4 Å². The zero-order valence-corrected chi connectivity index (χ0v) is 28.5. The molecule has 0 atom stereocenters. The van der Waals surface area contributed by atoms with Crippen LogP contribution in [0, 0.1) is 0 Å². The van der Waals surface area contributed by atoms with E-state index >= 15 is 0 Å². The van der Waals surface area contributed by atoms with Crippen LogP contribution in [-0.2, 0) is 42.3 Å². The normalized spacial score (nSPS) is 11.5. The van der Waals surface area contributed by atoms with E-state index in [0.29, 0.717) is 19.6 Å². The summed E-state index contributed by atoms with van der Waals surface area (Å²) >= 11 is 0. The van der Waals surface area contributed by atoms with E-state index < -0.39 is 41.0 Å². The Hall–Kier alpha value is -4.81. The lowest BCUT2D eigenvalue weighted by molar-refractivity contribution is -0.141. The number of nitrogens with two attached hydrogens (primary N) is 1. The molecule has 17 heteroatoms. The number of rotatable bonds is 23. The molecule has 0 aliphatic heterocycles. The topological polar surface area (TPSA) is 228 Å². The number of unbranched alkanes of at least 4 members (excludes halogenated alkanes) is 2. The van der Waals surface area contributed by atoms with Crippen molar-refractivity contribution in [2.75, 3.05) is 57.7 Å². The van der Waals surface area contributed by atoms with Crippen molar-refractivity contribution in [2.45, 2.75) is 37.2 Å². The molecule has 1 aromatic carbocycles. The summed E-state index contributed by atoms with van der Waals surface area (Å²) in [5.41, 5.74) is 2.20. The monoisotopic (exact) mass is 712 g/mol. The third-order valence-electron chi connectivity index (χ3n) is 7.35. The molecule has 6 N–H and O–H groups in total. The van der Waals surface area contributed by atoms with E-state index in [1.807, 2.05) is 36.4 Å². The molecule has 270 valence electrons. The number of carbonyl (C=O) groups excluding carboxylic acids is 2. The smallest absolute Gasteiger partial charge is 0.317 e. The van der Waals surface area contributed by atoms with E-state index in [4.69, 9.17) is 5.14 Å². The van der Waals surface area contributed by atoms with Gasteiger partial charge in [0.15, 0.2) is 0 Å². The molecule has 0 unspecified atom stereocenters. The van der Waals surface area contributed by atoms with Gasteiger partial charge in [-0.25, -0.2) is 13.6 Å². The lowest BCUT2D eigenvalue weighted by Crippen LogP contribution is -2.45. The zero-order valence-electron chi connectivity index (χ0n) is 27.7. The minimum Gasteiger partial charge on any atom is -0.480 e. The van der Waals surface area contributed by atoms with E-state index in [9.17, 15) is 37.8 Å². The van der Waals surface area contributed by atoms with Crippen molar-refractivity contribution >= 4 is 39.5 Å². The Morgan fingerprint density at radius 3 is 1.68 bits per heavy atom. The molecule has 0 aliphatic carbocycles. The number of amides is 2. The summed E-state index contributed by atoms with van der Waals surface area (Å²) in [6, 6.07) is 16.8. The van der Waals surface area contributed by atoms with Crippen LogP contribution in [0.1, 0.15) is 30.7 Å². The predicted octanol–water partition coefficient (Wildman–Crippen LogP) is 0.825. The second-order valence-corrected chi connectivity index (χ2v) is 13.2. The number of carboxylic acid groups (broad SMARTS) is 2. The first-order chi connectivity index (χ1) is 23.9. The maximum absolute atomic E-state index is 12.7. The standard InChI is InChI=1S/C33H44N8O8S/c34-50(48,49)29-12-10-26(11-13-29)38-31(43)23-41(25-33(46)47)19-18-40(24-32(44)45)22-30(42)37-16-4-1-7-17-39(20-27-8-2-5-14-35-27)21-28-9-3-6-15-36-28/h2-3,5-6,8-15H,1,4,7,16-25H2,(H,37,42)(H,38,43)(H,44,45)(H,46,47)(H2,34,48,49). The zero-order chi connectivity index (χ0) is 36.4. The lowest BCUT2D eigenvalue weighted by Gasteiger charge is -2.25.